The van der Waals surface area contributed by atoms with Gasteiger partial charge in [0, 0.05) is 17.3 Å². The Hall–Kier alpha value is -0.810. The third-order valence-electron chi connectivity index (χ3n) is 4.57. The van der Waals surface area contributed by atoms with Crippen LogP contribution in [0.2, 0.25) is 0 Å². The summed E-state index contributed by atoms with van der Waals surface area (Å²) in [6.07, 6.45) is -1.90. The Labute approximate surface area is 353 Å². The summed E-state index contributed by atoms with van der Waals surface area (Å²) < 4.78 is 33.1. The highest BCUT2D eigenvalue weighted by Crippen LogP contribution is 2.08. The number of ether oxygens (including phenoxy) is 6. The number of nitrogens with one attached hydrogen (secondary N) is 3. The van der Waals surface area contributed by atoms with Gasteiger partial charge < -0.3 is 96.6 Å². The Balaban J connectivity index is -0.000000233. The minimum absolute atomic E-state index is 0. The van der Waals surface area contributed by atoms with E-state index in [0.717, 1.165) is 35.3 Å². The van der Waals surface area contributed by atoms with Crippen LogP contribution in [0.3, 0.4) is 0 Å². The third kappa shape index (κ3) is 51.3. The molecule has 314 valence electrons. The van der Waals surface area contributed by atoms with E-state index < -0.39 is 42.3 Å². The van der Waals surface area contributed by atoms with Crippen LogP contribution in [0.5, 0.6) is 0 Å². The first-order chi connectivity index (χ1) is 19.8. The van der Waals surface area contributed by atoms with Crippen molar-refractivity contribution in [3.05, 3.63) is 0 Å². The maximum Gasteiger partial charge on any atom is 0.306 e. The molecule has 0 saturated carbocycles. The number of hydrogen-bond acceptors (Lipinski definition) is 15. The second-order valence-electron chi connectivity index (χ2n) is 8.82. The summed E-state index contributed by atoms with van der Waals surface area (Å²) in [4.78, 5) is 35.8. The summed E-state index contributed by atoms with van der Waals surface area (Å²) in [6.45, 7) is 5.43. The summed E-state index contributed by atoms with van der Waals surface area (Å²) in [5.41, 5.74) is 15.8. The number of esters is 3. The van der Waals surface area contributed by atoms with Crippen molar-refractivity contribution >= 4 is 68.7 Å². The second kappa shape index (κ2) is 47.2. The largest absolute Gasteiger partial charge is 1.00 e. The van der Waals surface area contributed by atoms with E-state index in [4.69, 9.17) is 61.9 Å². The summed E-state index contributed by atoms with van der Waals surface area (Å²) in [5.74, 6) is -0.286. The van der Waals surface area contributed by atoms with Gasteiger partial charge in [-0.1, -0.05) is 79.8 Å². The molecule has 0 spiro atoms. The number of carbonyl (C=O) groups excluding carboxylic acids is 3. The number of hydrogen-bond donors (Lipinski definition) is 6. The molecule has 3 unspecified atom stereocenters. The van der Waals surface area contributed by atoms with Crippen LogP contribution < -0.4 is 68.1 Å². The van der Waals surface area contributed by atoms with Crippen molar-refractivity contribution in [2.24, 2.45) is 17.2 Å². The molecule has 0 saturated heterocycles. The van der Waals surface area contributed by atoms with E-state index in [-0.39, 0.29) is 163 Å². The Morgan fingerprint density at radius 2 is 0.765 bits per heavy atom. The van der Waals surface area contributed by atoms with Gasteiger partial charge in [-0.25, -0.2) is 0 Å². The van der Waals surface area contributed by atoms with Crippen LogP contribution in [-0.4, -0.2) is 108 Å². The minimum Gasteiger partial charge on any atom is -1.00 e. The maximum absolute atomic E-state index is 12.0. The van der Waals surface area contributed by atoms with E-state index >= 15 is 0 Å². The Morgan fingerprint density at radius 3 is 1.02 bits per heavy atom. The molecule has 0 aliphatic heterocycles. The highest BCUT2D eigenvalue weighted by atomic mass is 79.9. The van der Waals surface area contributed by atoms with Crippen LogP contribution in [0, 0.1) is 16.2 Å². The van der Waals surface area contributed by atoms with E-state index in [0.29, 0.717) is 17.3 Å². The van der Waals surface area contributed by atoms with Gasteiger partial charge in [-0.2, -0.15) is 0 Å². The zero-order chi connectivity index (χ0) is 31.9. The molecule has 0 amide bonds. The van der Waals surface area contributed by atoms with Crippen molar-refractivity contribution in [1.29, 1.82) is 16.2 Å². The molecule has 0 bridgehead atoms. The van der Waals surface area contributed by atoms with Gasteiger partial charge in [0.2, 0.25) is 0 Å². The molecule has 51 heavy (non-hydrogen) atoms. The number of thioether (sulfide) groups is 3. The average Bonchev–Trinajstić information content (AvgIpc) is 2.86. The number of halogens is 3. The molecule has 15 nitrogen and oxygen atoms in total. The van der Waals surface area contributed by atoms with Gasteiger partial charge in [0.15, 0.2) is 15.5 Å². The number of nitrogens with two attached hydrogens (primary N) is 3. The predicted molar refractivity (Wildman–Crippen MR) is 205 cm³/mol. The van der Waals surface area contributed by atoms with Crippen LogP contribution in [0.25, 0.3) is 0 Å². The van der Waals surface area contributed by atoms with Crippen molar-refractivity contribution in [2.75, 3.05) is 50.3 Å². The molecule has 0 heterocycles. The van der Waals surface area contributed by atoms with Crippen molar-refractivity contribution in [1.82, 2.24) is 0 Å². The fourth-order valence-electron chi connectivity index (χ4n) is 2.83. The molecule has 0 aliphatic carbocycles. The van der Waals surface area contributed by atoms with Gasteiger partial charge in [0.05, 0.1) is 52.3 Å². The first-order valence-corrected chi connectivity index (χ1v) is 16.0. The van der Waals surface area contributed by atoms with Gasteiger partial charge in [0.25, 0.3) is 0 Å². The molecule has 0 aromatic carbocycles. The van der Waals surface area contributed by atoms with E-state index in [1.54, 1.807) is 20.8 Å². The quantitative estimate of drug-likeness (QED) is 0.0248. The summed E-state index contributed by atoms with van der Waals surface area (Å²) in [6, 6.07) is 0. The average molecular weight is 993 g/mol. The maximum atomic E-state index is 12.0. The molecule has 0 rings (SSSR count). The molecule has 0 fully saturated rings. The predicted octanol–water partition coefficient (Wildman–Crippen LogP) is -3.92. The molecular formula is C30H68Br3N6O9S3-3. The Kier molecular flexibility index (Phi) is 69.6. The van der Waals surface area contributed by atoms with Gasteiger partial charge in [-0.05, 0) is 20.8 Å². The van der Waals surface area contributed by atoms with Crippen LogP contribution in [0.15, 0.2) is 0 Å². The number of amidine groups is 3. The van der Waals surface area contributed by atoms with Crippen molar-refractivity contribution in [2.45, 2.75) is 109 Å². The second-order valence-corrected chi connectivity index (χ2v) is 12.2. The van der Waals surface area contributed by atoms with Gasteiger partial charge in [-0.3, -0.25) is 30.6 Å². The molecule has 0 aromatic heterocycles. The van der Waals surface area contributed by atoms with Gasteiger partial charge >= 0.3 is 17.9 Å². The fourth-order valence-corrected chi connectivity index (χ4v) is 4.30. The lowest BCUT2D eigenvalue weighted by atomic mass is 10.3. The molecule has 0 aromatic rings. The van der Waals surface area contributed by atoms with E-state index in [2.05, 4.69) is 0 Å². The number of carbonyl (C=O) groups is 3. The van der Waals surface area contributed by atoms with Crippen LogP contribution in [-0.2, 0) is 42.8 Å². The van der Waals surface area contributed by atoms with E-state index in [1.165, 1.54) is 0 Å². The highest BCUT2D eigenvalue weighted by Gasteiger charge is 2.18. The normalized spacial score (nSPS) is 11.4. The lowest BCUT2D eigenvalue weighted by Gasteiger charge is -2.22. The summed E-state index contributed by atoms with van der Waals surface area (Å²) >= 11 is 3.16. The van der Waals surface area contributed by atoms with Gasteiger partial charge in [0.1, 0.15) is 24.4 Å². The van der Waals surface area contributed by atoms with Gasteiger partial charge in [-0.15, -0.1) is 0 Å². The van der Waals surface area contributed by atoms with Crippen LogP contribution >= 0.6 is 35.3 Å². The number of rotatable bonds is 23. The summed E-state index contributed by atoms with van der Waals surface area (Å²) in [7, 11) is 0. The minimum atomic E-state index is -0.579. The van der Waals surface area contributed by atoms with E-state index in [9.17, 15) is 14.4 Å². The molecular weight excluding hydrogens is 924 g/mol. The van der Waals surface area contributed by atoms with Crippen molar-refractivity contribution < 1.29 is 93.7 Å². The topological polar surface area (TPSA) is 256 Å². The molecule has 21 heteroatoms. The zero-order valence-electron chi connectivity index (χ0n) is 25.4. The smallest absolute Gasteiger partial charge is 0.306 e. The molecule has 3 atom stereocenters. The summed E-state index contributed by atoms with van der Waals surface area (Å²) in [5, 5.41) is 21.3. The first kappa shape index (κ1) is 75.2. The molecule has 0 radical (unpaired) electrons. The lowest BCUT2D eigenvalue weighted by Crippen LogP contribution is -3.00. The van der Waals surface area contributed by atoms with E-state index in [1.807, 2.05) is 0 Å². The fraction of sp³-hybridized carbons (Fsp3) is 0.800. The standard InChI is InChI=1S/C24H44N6O9S3.6CH4.3BrH/c1-15(37-19(31)4-7-40-22(25)26)10-34-13-18(36-12-17(3)39-21(33)6-9-42-24(29)30)14-35-11-16(2)38-20(32)5-8-41-23(27)28;;;;;;;;;/h15-18H,4-14H2,1-3H3,(H3,25,26)(H3,27,28)(H3,29,30);6*1H4;3*1H/p-3. The first-order valence-electron chi connectivity index (χ1n) is 13.0. The van der Waals surface area contributed by atoms with Crippen molar-refractivity contribution in [3.8, 4) is 0 Å². The lowest BCUT2D eigenvalue weighted by molar-refractivity contribution is -0.158. The molecule has 9 N–H and O–H groups in total. The zero-order valence-corrected chi connectivity index (χ0v) is 32.6. The Morgan fingerprint density at radius 1 is 0.510 bits per heavy atom. The molecule has 0 aliphatic rings. The van der Waals surface area contributed by atoms with Crippen molar-refractivity contribution in [3.63, 3.8) is 0 Å². The SMILES string of the molecule is C.C.C.C.C.C.CC(COCC(COCC(C)OC(=O)CCSC(=N)N)OCC(C)OC(=O)CCSC(=N)N)OC(=O)CCSC(=N)N.[Br-].[Br-].[Br-]. The third-order valence-corrected chi connectivity index (χ3v) is 6.73. The Bertz CT molecular complexity index is 846. The van der Waals surface area contributed by atoms with Crippen LogP contribution in [0.4, 0.5) is 0 Å². The van der Waals surface area contributed by atoms with Crippen LogP contribution in [0.1, 0.15) is 84.6 Å². The highest BCUT2D eigenvalue weighted by molar-refractivity contribution is 8.14. The monoisotopic (exact) mass is 989 g/mol.